The number of aryl methyl sites for hydroxylation is 1. The number of benzene rings is 2. The van der Waals surface area contributed by atoms with Crippen LogP contribution in [0.4, 0.5) is 5.69 Å². The second-order valence-corrected chi connectivity index (χ2v) is 7.78. The normalized spacial score (nSPS) is 18.6. The standard InChI is InChI=1S/C22H19NO3S/c1-15-8-10-16(11-9-15)14-23-18-6-3-2-5-17(18)22(26,21(23)25)13-19(24)20-7-4-12-27-20/h2-12,26H,13-14H2,1H3/t22-/m0/s1. The minimum absolute atomic E-state index is 0.229. The van der Waals surface area contributed by atoms with E-state index in [2.05, 4.69) is 0 Å². The number of carbonyl (C=O) groups is 2. The van der Waals surface area contributed by atoms with E-state index in [9.17, 15) is 14.7 Å². The Bertz CT molecular complexity index is 995. The van der Waals surface area contributed by atoms with Gasteiger partial charge in [0, 0.05) is 5.56 Å². The predicted molar refractivity (Wildman–Crippen MR) is 106 cm³/mol. The molecule has 0 fully saturated rings. The van der Waals surface area contributed by atoms with Crippen LogP contribution in [-0.2, 0) is 16.9 Å². The molecule has 1 aliphatic rings. The van der Waals surface area contributed by atoms with Gasteiger partial charge in [-0.2, -0.15) is 0 Å². The van der Waals surface area contributed by atoms with Crippen LogP contribution >= 0.6 is 11.3 Å². The summed E-state index contributed by atoms with van der Waals surface area (Å²) in [5.74, 6) is -0.679. The number of amides is 1. The molecule has 1 atom stereocenters. The highest BCUT2D eigenvalue weighted by molar-refractivity contribution is 7.12. The number of rotatable bonds is 5. The molecular formula is C22H19NO3S. The molecule has 1 aliphatic heterocycles. The minimum atomic E-state index is -1.83. The molecule has 2 heterocycles. The van der Waals surface area contributed by atoms with Crippen molar-refractivity contribution in [2.75, 3.05) is 4.90 Å². The Morgan fingerprint density at radius 2 is 1.81 bits per heavy atom. The molecule has 136 valence electrons. The molecule has 27 heavy (non-hydrogen) atoms. The van der Waals surface area contributed by atoms with Crippen molar-refractivity contribution in [1.82, 2.24) is 0 Å². The van der Waals surface area contributed by atoms with Gasteiger partial charge in [-0.3, -0.25) is 9.59 Å². The van der Waals surface area contributed by atoms with E-state index in [1.807, 2.05) is 48.7 Å². The van der Waals surface area contributed by atoms with Gasteiger partial charge >= 0.3 is 0 Å². The van der Waals surface area contributed by atoms with Gasteiger partial charge in [0.05, 0.1) is 23.5 Å². The molecular weight excluding hydrogens is 358 g/mol. The van der Waals surface area contributed by atoms with Gasteiger partial charge in [0.2, 0.25) is 0 Å². The molecule has 4 rings (SSSR count). The summed E-state index contributed by atoms with van der Waals surface area (Å²) in [4.78, 5) is 27.9. The van der Waals surface area contributed by atoms with E-state index in [0.29, 0.717) is 22.7 Å². The first-order chi connectivity index (χ1) is 13.0. The van der Waals surface area contributed by atoms with E-state index in [1.54, 1.807) is 29.2 Å². The maximum atomic E-state index is 13.2. The van der Waals surface area contributed by atoms with Crippen LogP contribution in [0.25, 0.3) is 0 Å². The molecule has 0 saturated heterocycles. The molecule has 0 unspecified atom stereocenters. The second kappa shape index (κ2) is 6.76. The van der Waals surface area contributed by atoms with Crippen molar-refractivity contribution >= 4 is 28.7 Å². The highest BCUT2D eigenvalue weighted by Gasteiger charge is 2.50. The molecule has 2 aromatic carbocycles. The summed E-state index contributed by atoms with van der Waals surface area (Å²) in [6, 6.07) is 18.6. The largest absolute Gasteiger partial charge is 0.375 e. The first kappa shape index (κ1) is 17.6. The van der Waals surface area contributed by atoms with E-state index in [4.69, 9.17) is 0 Å². The number of para-hydroxylation sites is 1. The van der Waals surface area contributed by atoms with Crippen LogP contribution < -0.4 is 4.90 Å². The Labute approximate surface area is 161 Å². The molecule has 0 saturated carbocycles. The van der Waals surface area contributed by atoms with E-state index in [1.165, 1.54) is 11.3 Å². The topological polar surface area (TPSA) is 57.6 Å². The third kappa shape index (κ3) is 3.09. The first-order valence-corrected chi connectivity index (χ1v) is 9.63. The van der Waals surface area contributed by atoms with E-state index < -0.39 is 11.5 Å². The predicted octanol–water partition coefficient (Wildman–Crippen LogP) is 4.06. The average molecular weight is 377 g/mol. The Balaban J connectivity index is 1.68. The van der Waals surface area contributed by atoms with Gasteiger partial charge in [-0.15, -0.1) is 11.3 Å². The quantitative estimate of drug-likeness (QED) is 0.682. The summed E-state index contributed by atoms with van der Waals surface area (Å²) in [6.45, 7) is 2.36. The van der Waals surface area contributed by atoms with Crippen LogP contribution in [0.2, 0.25) is 0 Å². The number of anilines is 1. The van der Waals surface area contributed by atoms with E-state index in [-0.39, 0.29) is 12.2 Å². The summed E-state index contributed by atoms with van der Waals surface area (Å²) < 4.78 is 0. The second-order valence-electron chi connectivity index (χ2n) is 6.83. The van der Waals surface area contributed by atoms with Gasteiger partial charge in [-0.05, 0) is 30.0 Å². The van der Waals surface area contributed by atoms with Crippen molar-refractivity contribution in [3.05, 3.63) is 87.6 Å². The first-order valence-electron chi connectivity index (χ1n) is 8.75. The lowest BCUT2D eigenvalue weighted by molar-refractivity contribution is -0.136. The van der Waals surface area contributed by atoms with Crippen molar-refractivity contribution in [3.63, 3.8) is 0 Å². The maximum absolute atomic E-state index is 13.2. The number of ketones is 1. The summed E-state index contributed by atoms with van der Waals surface area (Å²) in [5.41, 5.74) is 1.43. The van der Waals surface area contributed by atoms with Crippen molar-refractivity contribution in [2.45, 2.75) is 25.5 Å². The highest BCUT2D eigenvalue weighted by Crippen LogP contribution is 2.43. The fraction of sp³-hybridized carbons (Fsp3) is 0.182. The molecule has 0 spiro atoms. The molecule has 1 amide bonds. The third-order valence-corrected chi connectivity index (χ3v) is 5.82. The van der Waals surface area contributed by atoms with Crippen LogP contribution in [0, 0.1) is 6.92 Å². The summed E-state index contributed by atoms with van der Waals surface area (Å²) >= 11 is 1.31. The fourth-order valence-corrected chi connectivity index (χ4v) is 4.13. The summed E-state index contributed by atoms with van der Waals surface area (Å²) in [7, 11) is 0. The van der Waals surface area contributed by atoms with E-state index in [0.717, 1.165) is 11.1 Å². The molecule has 1 N–H and O–H groups in total. The number of hydrogen-bond donors (Lipinski definition) is 1. The van der Waals surface area contributed by atoms with Crippen LogP contribution in [0.1, 0.15) is 32.8 Å². The Kier molecular flexibility index (Phi) is 4.42. The number of nitrogens with zero attached hydrogens (tertiary/aromatic N) is 1. The van der Waals surface area contributed by atoms with Crippen LogP contribution in [0.5, 0.6) is 0 Å². The molecule has 0 bridgehead atoms. The van der Waals surface area contributed by atoms with Crippen molar-refractivity contribution in [1.29, 1.82) is 0 Å². The SMILES string of the molecule is Cc1ccc(CN2C(=O)[C@](O)(CC(=O)c3cccs3)c3ccccc32)cc1. The van der Waals surface area contributed by atoms with Gasteiger partial charge in [0.15, 0.2) is 11.4 Å². The monoisotopic (exact) mass is 377 g/mol. The molecule has 0 aliphatic carbocycles. The lowest BCUT2D eigenvalue weighted by atomic mass is 9.89. The zero-order chi connectivity index (χ0) is 19.0. The summed E-state index contributed by atoms with van der Waals surface area (Å²) in [5, 5.41) is 13.1. The third-order valence-electron chi connectivity index (χ3n) is 4.91. The number of hydrogen-bond acceptors (Lipinski definition) is 4. The lowest BCUT2D eigenvalue weighted by Crippen LogP contribution is -2.41. The number of carbonyl (C=O) groups excluding carboxylic acids is 2. The van der Waals surface area contributed by atoms with Crippen molar-refractivity contribution < 1.29 is 14.7 Å². The number of fused-ring (bicyclic) bond motifs is 1. The van der Waals surface area contributed by atoms with Crippen LogP contribution in [-0.4, -0.2) is 16.8 Å². The molecule has 1 aromatic heterocycles. The van der Waals surface area contributed by atoms with Crippen molar-refractivity contribution in [2.24, 2.45) is 0 Å². The fourth-order valence-electron chi connectivity index (χ4n) is 3.47. The zero-order valence-corrected chi connectivity index (χ0v) is 15.7. The average Bonchev–Trinajstić information content (AvgIpc) is 3.27. The Hall–Kier alpha value is -2.76. The smallest absolute Gasteiger partial charge is 0.264 e. The number of aliphatic hydroxyl groups is 1. The number of Topliss-reactive ketones (excluding diaryl/α,β-unsaturated/α-hetero) is 1. The van der Waals surface area contributed by atoms with Gasteiger partial charge in [0.25, 0.3) is 5.91 Å². The van der Waals surface area contributed by atoms with Gasteiger partial charge in [0.1, 0.15) is 0 Å². The molecule has 3 aromatic rings. The highest BCUT2D eigenvalue weighted by atomic mass is 32.1. The Morgan fingerprint density at radius 3 is 2.52 bits per heavy atom. The zero-order valence-electron chi connectivity index (χ0n) is 14.9. The van der Waals surface area contributed by atoms with Crippen LogP contribution in [0.3, 0.4) is 0 Å². The van der Waals surface area contributed by atoms with Gasteiger partial charge in [-0.1, -0.05) is 54.1 Å². The van der Waals surface area contributed by atoms with E-state index >= 15 is 0 Å². The Morgan fingerprint density at radius 1 is 1.07 bits per heavy atom. The molecule has 5 heteroatoms. The molecule has 0 radical (unpaired) electrons. The molecule has 4 nitrogen and oxygen atoms in total. The van der Waals surface area contributed by atoms with Crippen molar-refractivity contribution in [3.8, 4) is 0 Å². The lowest BCUT2D eigenvalue weighted by Gasteiger charge is -2.22. The van der Waals surface area contributed by atoms with Gasteiger partial charge < -0.3 is 10.0 Å². The number of thiophene rings is 1. The van der Waals surface area contributed by atoms with Gasteiger partial charge in [-0.25, -0.2) is 0 Å². The maximum Gasteiger partial charge on any atom is 0.264 e. The minimum Gasteiger partial charge on any atom is -0.375 e. The summed E-state index contributed by atoms with van der Waals surface area (Å²) in [6.07, 6.45) is -0.256. The van der Waals surface area contributed by atoms with Crippen LogP contribution in [0.15, 0.2) is 66.0 Å².